The summed E-state index contributed by atoms with van der Waals surface area (Å²) in [6.45, 7) is 4.68. The van der Waals surface area contributed by atoms with Crippen LogP contribution in [0.2, 0.25) is 0 Å². The molecule has 0 amide bonds. The van der Waals surface area contributed by atoms with E-state index in [4.69, 9.17) is 10.5 Å². The monoisotopic (exact) mass is 297 g/mol. The van der Waals surface area contributed by atoms with Gasteiger partial charge in [-0.25, -0.2) is 4.99 Å². The fraction of sp³-hybridized carbons (Fsp3) is 0.278. The Kier molecular flexibility index (Phi) is 5.42. The summed E-state index contributed by atoms with van der Waals surface area (Å²) in [5.74, 6) is 1.30. The van der Waals surface area contributed by atoms with E-state index in [2.05, 4.69) is 35.4 Å². The molecule has 116 valence electrons. The van der Waals surface area contributed by atoms with Crippen molar-refractivity contribution in [2.45, 2.75) is 26.8 Å². The lowest BCUT2D eigenvalue weighted by Crippen LogP contribution is -2.22. The third-order valence-electron chi connectivity index (χ3n) is 3.50. The van der Waals surface area contributed by atoms with E-state index in [-0.39, 0.29) is 0 Å². The van der Waals surface area contributed by atoms with Crippen LogP contribution in [0.15, 0.2) is 47.5 Å². The van der Waals surface area contributed by atoms with Crippen molar-refractivity contribution in [3.63, 3.8) is 0 Å². The molecule has 2 aromatic carbocycles. The Morgan fingerprint density at radius 3 is 2.68 bits per heavy atom. The van der Waals surface area contributed by atoms with Crippen LogP contribution in [0.4, 0.5) is 5.69 Å². The average Bonchev–Trinajstić information content (AvgIpc) is 2.53. The summed E-state index contributed by atoms with van der Waals surface area (Å²) in [5, 5.41) is 3.13. The zero-order valence-corrected chi connectivity index (χ0v) is 13.4. The molecule has 0 atom stereocenters. The minimum atomic E-state index is 0.418. The van der Waals surface area contributed by atoms with Crippen LogP contribution in [0.25, 0.3) is 0 Å². The third kappa shape index (κ3) is 4.25. The van der Waals surface area contributed by atoms with E-state index in [9.17, 15) is 0 Å². The van der Waals surface area contributed by atoms with E-state index < -0.39 is 0 Å². The fourth-order valence-corrected chi connectivity index (χ4v) is 2.27. The summed E-state index contributed by atoms with van der Waals surface area (Å²) in [6.07, 6.45) is 0.998. The van der Waals surface area contributed by atoms with Gasteiger partial charge in [-0.15, -0.1) is 0 Å². The number of aryl methyl sites for hydroxylation is 2. The van der Waals surface area contributed by atoms with Gasteiger partial charge in [-0.2, -0.15) is 0 Å². The van der Waals surface area contributed by atoms with Gasteiger partial charge in [-0.05, 0) is 48.2 Å². The molecule has 4 nitrogen and oxygen atoms in total. The van der Waals surface area contributed by atoms with Crippen LogP contribution < -0.4 is 15.8 Å². The highest BCUT2D eigenvalue weighted by Crippen LogP contribution is 2.19. The average molecular weight is 297 g/mol. The molecule has 0 saturated carbocycles. The number of guanidine groups is 1. The van der Waals surface area contributed by atoms with Crippen LogP contribution in [0.5, 0.6) is 5.75 Å². The summed E-state index contributed by atoms with van der Waals surface area (Å²) in [4.78, 5) is 4.38. The number of nitrogens with two attached hydrogens (primary N) is 1. The lowest BCUT2D eigenvalue weighted by Gasteiger charge is -2.08. The van der Waals surface area contributed by atoms with Crippen molar-refractivity contribution in [2.75, 3.05) is 12.4 Å². The number of benzene rings is 2. The number of nitrogens with one attached hydrogen (secondary N) is 1. The topological polar surface area (TPSA) is 59.6 Å². The third-order valence-corrected chi connectivity index (χ3v) is 3.50. The highest BCUT2D eigenvalue weighted by atomic mass is 16.5. The van der Waals surface area contributed by atoms with Gasteiger partial charge >= 0.3 is 0 Å². The lowest BCUT2D eigenvalue weighted by molar-refractivity contribution is 0.411. The Morgan fingerprint density at radius 1 is 1.18 bits per heavy atom. The first kappa shape index (κ1) is 15.9. The predicted molar refractivity (Wildman–Crippen MR) is 92.5 cm³/mol. The number of rotatable bonds is 5. The first-order valence-corrected chi connectivity index (χ1v) is 7.41. The predicted octanol–water partition coefficient (Wildman–Crippen LogP) is 3.49. The van der Waals surface area contributed by atoms with Gasteiger partial charge in [-0.3, -0.25) is 0 Å². The molecule has 0 saturated heterocycles. The second kappa shape index (κ2) is 7.50. The van der Waals surface area contributed by atoms with E-state index >= 15 is 0 Å². The first-order valence-electron chi connectivity index (χ1n) is 7.41. The number of aliphatic imine (C=N–C) groups is 1. The van der Waals surface area contributed by atoms with Crippen LogP contribution in [0.1, 0.15) is 23.6 Å². The summed E-state index contributed by atoms with van der Waals surface area (Å²) in [6, 6.07) is 14.2. The number of ether oxygens (including phenoxy) is 1. The molecular weight excluding hydrogens is 274 g/mol. The van der Waals surface area contributed by atoms with Crippen LogP contribution in [-0.4, -0.2) is 13.1 Å². The van der Waals surface area contributed by atoms with Crippen molar-refractivity contribution < 1.29 is 4.74 Å². The normalized spacial score (nSPS) is 11.3. The van der Waals surface area contributed by atoms with Crippen molar-refractivity contribution >= 4 is 11.6 Å². The Bertz CT molecular complexity index is 665. The molecule has 0 heterocycles. The zero-order valence-electron chi connectivity index (χ0n) is 13.4. The fourth-order valence-electron chi connectivity index (χ4n) is 2.27. The summed E-state index contributed by atoms with van der Waals surface area (Å²) in [7, 11) is 1.67. The van der Waals surface area contributed by atoms with Crippen LogP contribution in [0, 0.1) is 6.92 Å². The van der Waals surface area contributed by atoms with Crippen molar-refractivity contribution in [1.29, 1.82) is 0 Å². The van der Waals surface area contributed by atoms with E-state index in [1.54, 1.807) is 7.11 Å². The molecule has 2 rings (SSSR count). The summed E-state index contributed by atoms with van der Waals surface area (Å²) >= 11 is 0. The SMILES string of the molecule is CCc1cccc(NC(N)=NCc2ccc(OC)c(C)c2)c1. The van der Waals surface area contributed by atoms with Gasteiger partial charge in [0.15, 0.2) is 5.96 Å². The molecule has 2 aromatic rings. The van der Waals surface area contributed by atoms with Gasteiger partial charge < -0.3 is 15.8 Å². The minimum absolute atomic E-state index is 0.418. The van der Waals surface area contributed by atoms with Crippen molar-refractivity contribution in [3.8, 4) is 5.75 Å². The molecule has 3 N–H and O–H groups in total. The van der Waals surface area contributed by atoms with Gasteiger partial charge in [-0.1, -0.05) is 31.2 Å². The van der Waals surface area contributed by atoms with Gasteiger partial charge in [0.05, 0.1) is 13.7 Å². The quantitative estimate of drug-likeness (QED) is 0.656. The molecule has 0 radical (unpaired) electrons. The minimum Gasteiger partial charge on any atom is -0.496 e. The molecular formula is C18H23N3O. The maximum Gasteiger partial charge on any atom is 0.193 e. The first-order chi connectivity index (χ1) is 10.6. The number of methoxy groups -OCH3 is 1. The zero-order chi connectivity index (χ0) is 15.9. The number of hydrogen-bond acceptors (Lipinski definition) is 2. The highest BCUT2D eigenvalue weighted by Gasteiger charge is 2.00. The smallest absolute Gasteiger partial charge is 0.193 e. The molecule has 0 fully saturated rings. The van der Waals surface area contributed by atoms with E-state index in [1.807, 2.05) is 31.2 Å². The van der Waals surface area contributed by atoms with Gasteiger partial charge in [0.25, 0.3) is 0 Å². The lowest BCUT2D eigenvalue weighted by atomic mass is 10.1. The Labute approximate surface area is 132 Å². The highest BCUT2D eigenvalue weighted by molar-refractivity contribution is 5.92. The van der Waals surface area contributed by atoms with Crippen LogP contribution >= 0.6 is 0 Å². The van der Waals surface area contributed by atoms with Crippen LogP contribution in [-0.2, 0) is 13.0 Å². The standard InChI is InChI=1S/C18H23N3O/c1-4-14-6-5-7-16(11-14)21-18(19)20-12-15-8-9-17(22-3)13(2)10-15/h5-11H,4,12H2,1-3H3,(H3,19,20,21). The molecule has 0 aliphatic carbocycles. The largest absolute Gasteiger partial charge is 0.496 e. The Balaban J connectivity index is 2.01. The van der Waals surface area contributed by atoms with Crippen LogP contribution in [0.3, 0.4) is 0 Å². The maximum absolute atomic E-state index is 5.95. The van der Waals surface area contributed by atoms with Crippen molar-refractivity contribution in [3.05, 3.63) is 59.2 Å². The Hall–Kier alpha value is -2.49. The summed E-state index contributed by atoms with van der Waals surface area (Å²) in [5.41, 5.74) is 10.4. The molecule has 0 aliphatic heterocycles. The second-order valence-electron chi connectivity index (χ2n) is 5.18. The Morgan fingerprint density at radius 2 is 2.00 bits per heavy atom. The molecule has 4 heteroatoms. The second-order valence-corrected chi connectivity index (χ2v) is 5.18. The molecule has 0 aromatic heterocycles. The molecule has 0 bridgehead atoms. The summed E-state index contributed by atoms with van der Waals surface area (Å²) < 4.78 is 5.25. The number of anilines is 1. The molecule has 22 heavy (non-hydrogen) atoms. The van der Waals surface area contributed by atoms with Gasteiger partial charge in [0.1, 0.15) is 5.75 Å². The number of hydrogen-bond donors (Lipinski definition) is 2. The van der Waals surface area contributed by atoms with Gasteiger partial charge in [0, 0.05) is 5.69 Å². The van der Waals surface area contributed by atoms with E-state index in [1.165, 1.54) is 5.56 Å². The van der Waals surface area contributed by atoms with E-state index in [0.717, 1.165) is 29.0 Å². The molecule has 0 spiro atoms. The van der Waals surface area contributed by atoms with Crippen molar-refractivity contribution in [2.24, 2.45) is 10.7 Å². The molecule has 0 unspecified atom stereocenters. The van der Waals surface area contributed by atoms with Crippen molar-refractivity contribution in [1.82, 2.24) is 0 Å². The number of nitrogens with zero attached hydrogens (tertiary/aromatic N) is 1. The molecule has 0 aliphatic rings. The van der Waals surface area contributed by atoms with Gasteiger partial charge in [0.2, 0.25) is 0 Å². The van der Waals surface area contributed by atoms with E-state index in [0.29, 0.717) is 12.5 Å². The maximum atomic E-state index is 5.95.